The summed E-state index contributed by atoms with van der Waals surface area (Å²) >= 11 is 14.1. The van der Waals surface area contributed by atoms with Crippen LogP contribution < -0.4 is 11.3 Å². The van der Waals surface area contributed by atoms with E-state index in [1.165, 1.54) is 4.88 Å². The van der Waals surface area contributed by atoms with E-state index in [-0.39, 0.29) is 6.04 Å². The molecule has 0 spiro atoms. The van der Waals surface area contributed by atoms with Gasteiger partial charge in [0.25, 0.3) is 0 Å². The van der Waals surface area contributed by atoms with Gasteiger partial charge in [-0.3, -0.25) is 11.3 Å². The van der Waals surface area contributed by atoms with Crippen LogP contribution in [-0.2, 0) is 6.42 Å². The minimum atomic E-state index is -0.147. The number of hydrogen-bond acceptors (Lipinski definition) is 4. The van der Waals surface area contributed by atoms with Crippen LogP contribution in [0, 0.1) is 13.8 Å². The summed E-state index contributed by atoms with van der Waals surface area (Å²) in [6.07, 6.45) is 0.666. The lowest BCUT2D eigenvalue weighted by Gasteiger charge is -2.17. The number of nitrogens with two attached hydrogens (primary N) is 1. The van der Waals surface area contributed by atoms with Crippen molar-refractivity contribution in [2.75, 3.05) is 0 Å². The molecule has 0 radical (unpaired) electrons. The molecule has 0 amide bonds. The van der Waals surface area contributed by atoms with Gasteiger partial charge in [-0.1, -0.05) is 29.3 Å². The van der Waals surface area contributed by atoms with E-state index in [0.717, 1.165) is 16.3 Å². The molecule has 0 aliphatic heterocycles. The number of thiazole rings is 1. The number of hydrazine groups is 1. The highest BCUT2D eigenvalue weighted by Gasteiger charge is 2.19. The molecule has 0 fully saturated rings. The van der Waals surface area contributed by atoms with Crippen molar-refractivity contribution in [2.24, 2.45) is 5.84 Å². The van der Waals surface area contributed by atoms with Crippen molar-refractivity contribution >= 4 is 34.5 Å². The highest BCUT2D eigenvalue weighted by Crippen LogP contribution is 2.32. The van der Waals surface area contributed by atoms with E-state index in [2.05, 4.69) is 17.3 Å². The van der Waals surface area contributed by atoms with Crippen LogP contribution in [0.1, 0.15) is 27.2 Å². The third-order valence-corrected chi connectivity index (χ3v) is 4.76. The van der Waals surface area contributed by atoms with E-state index in [1.807, 2.05) is 25.1 Å². The van der Waals surface area contributed by atoms with Gasteiger partial charge in [0.2, 0.25) is 0 Å². The summed E-state index contributed by atoms with van der Waals surface area (Å²) in [5.41, 5.74) is 4.65. The van der Waals surface area contributed by atoms with Crippen LogP contribution in [0.15, 0.2) is 18.2 Å². The molecule has 3 N–H and O–H groups in total. The molecule has 1 aromatic heterocycles. The molecule has 0 aliphatic rings. The molecule has 0 aliphatic carbocycles. The number of hydrogen-bond donors (Lipinski definition) is 2. The summed E-state index contributed by atoms with van der Waals surface area (Å²) < 4.78 is 0. The first-order valence-electron chi connectivity index (χ1n) is 5.86. The second-order valence-corrected chi connectivity index (χ2v) is 6.41. The molecule has 19 heavy (non-hydrogen) atoms. The van der Waals surface area contributed by atoms with Gasteiger partial charge in [0.05, 0.1) is 16.7 Å². The van der Waals surface area contributed by atoms with Crippen LogP contribution in [-0.4, -0.2) is 4.98 Å². The highest BCUT2D eigenvalue weighted by atomic mass is 35.5. The Morgan fingerprint density at radius 2 is 1.95 bits per heavy atom. The lowest BCUT2D eigenvalue weighted by Crippen LogP contribution is -2.30. The summed E-state index contributed by atoms with van der Waals surface area (Å²) in [6.45, 7) is 4.06. The summed E-state index contributed by atoms with van der Waals surface area (Å²) in [5, 5.41) is 2.25. The van der Waals surface area contributed by atoms with Crippen LogP contribution in [0.3, 0.4) is 0 Å². The first kappa shape index (κ1) is 14.8. The summed E-state index contributed by atoms with van der Waals surface area (Å²) in [6, 6.07) is 5.29. The largest absolute Gasteiger partial charge is 0.271 e. The van der Waals surface area contributed by atoms with Crippen LogP contribution in [0.25, 0.3) is 0 Å². The number of aryl methyl sites for hydroxylation is 2. The SMILES string of the molecule is Cc1nc(CC(NN)c2c(Cl)cccc2Cl)sc1C. The fourth-order valence-electron chi connectivity index (χ4n) is 1.89. The molecular weight excluding hydrogens is 301 g/mol. The third kappa shape index (κ3) is 3.27. The standard InChI is InChI=1S/C13H15Cl2N3S/c1-7-8(2)19-12(17-7)6-11(18-16)13-9(14)4-3-5-10(13)15/h3-5,11,18H,6,16H2,1-2H3. The Morgan fingerprint density at radius 1 is 1.32 bits per heavy atom. The first-order chi connectivity index (χ1) is 9.02. The molecule has 3 nitrogen and oxygen atoms in total. The molecule has 2 rings (SSSR count). The molecule has 1 heterocycles. The topological polar surface area (TPSA) is 50.9 Å². The molecule has 6 heteroatoms. The van der Waals surface area contributed by atoms with Gasteiger partial charge in [-0.25, -0.2) is 4.98 Å². The quantitative estimate of drug-likeness (QED) is 0.666. The van der Waals surface area contributed by atoms with Crippen LogP contribution >= 0.6 is 34.5 Å². The van der Waals surface area contributed by atoms with E-state index in [1.54, 1.807) is 11.3 Å². The summed E-state index contributed by atoms with van der Waals surface area (Å²) in [7, 11) is 0. The van der Waals surface area contributed by atoms with Crippen molar-refractivity contribution in [3.63, 3.8) is 0 Å². The second-order valence-electron chi connectivity index (χ2n) is 4.31. The third-order valence-electron chi connectivity index (χ3n) is 3.00. The van der Waals surface area contributed by atoms with Crippen molar-refractivity contribution in [2.45, 2.75) is 26.3 Å². The molecule has 0 bridgehead atoms. The van der Waals surface area contributed by atoms with Gasteiger partial charge in [0.1, 0.15) is 0 Å². The molecular formula is C13H15Cl2N3S. The lowest BCUT2D eigenvalue weighted by atomic mass is 10.0. The minimum Gasteiger partial charge on any atom is -0.271 e. The Kier molecular flexibility index (Phi) is 4.81. The van der Waals surface area contributed by atoms with Gasteiger partial charge in [0.15, 0.2) is 0 Å². The Balaban J connectivity index is 2.30. The van der Waals surface area contributed by atoms with Crippen molar-refractivity contribution < 1.29 is 0 Å². The number of nitrogens with one attached hydrogen (secondary N) is 1. The maximum Gasteiger partial charge on any atom is 0.0950 e. The Hall–Kier alpha value is -0.650. The zero-order chi connectivity index (χ0) is 14.0. The van der Waals surface area contributed by atoms with Gasteiger partial charge >= 0.3 is 0 Å². The van der Waals surface area contributed by atoms with E-state index in [0.29, 0.717) is 16.5 Å². The number of nitrogens with zero attached hydrogens (tertiary/aromatic N) is 1. The normalized spacial score (nSPS) is 12.7. The van der Waals surface area contributed by atoms with Gasteiger partial charge in [-0.05, 0) is 26.0 Å². The molecule has 0 saturated carbocycles. The smallest absolute Gasteiger partial charge is 0.0950 e. The number of halogens is 2. The Labute approximate surface area is 126 Å². The molecule has 1 unspecified atom stereocenters. The molecule has 0 saturated heterocycles. The minimum absolute atomic E-state index is 0.147. The molecule has 1 atom stereocenters. The van der Waals surface area contributed by atoms with Crippen LogP contribution in [0.5, 0.6) is 0 Å². The van der Waals surface area contributed by atoms with E-state index in [9.17, 15) is 0 Å². The zero-order valence-corrected chi connectivity index (χ0v) is 13.0. The van der Waals surface area contributed by atoms with Crippen LogP contribution in [0.2, 0.25) is 10.0 Å². The predicted octanol–water partition coefficient (Wildman–Crippen LogP) is 3.81. The number of benzene rings is 1. The lowest BCUT2D eigenvalue weighted by molar-refractivity contribution is 0.551. The average molecular weight is 316 g/mol. The fourth-order valence-corrected chi connectivity index (χ4v) is 3.53. The zero-order valence-electron chi connectivity index (χ0n) is 10.7. The van der Waals surface area contributed by atoms with Crippen molar-refractivity contribution in [1.29, 1.82) is 0 Å². The van der Waals surface area contributed by atoms with E-state index < -0.39 is 0 Å². The van der Waals surface area contributed by atoms with Gasteiger partial charge in [0, 0.05) is 26.9 Å². The van der Waals surface area contributed by atoms with Crippen molar-refractivity contribution in [3.8, 4) is 0 Å². The van der Waals surface area contributed by atoms with Crippen LogP contribution in [0.4, 0.5) is 0 Å². The first-order valence-corrected chi connectivity index (χ1v) is 7.43. The van der Waals surface area contributed by atoms with E-state index >= 15 is 0 Å². The van der Waals surface area contributed by atoms with Crippen molar-refractivity contribution in [3.05, 3.63) is 49.4 Å². The number of rotatable bonds is 4. The number of aromatic nitrogens is 1. The summed E-state index contributed by atoms with van der Waals surface area (Å²) in [4.78, 5) is 5.74. The Bertz CT molecular complexity index is 544. The molecule has 1 aromatic carbocycles. The molecule has 102 valence electrons. The maximum atomic E-state index is 6.21. The predicted molar refractivity (Wildman–Crippen MR) is 81.8 cm³/mol. The Morgan fingerprint density at radius 3 is 2.42 bits per heavy atom. The second kappa shape index (κ2) is 6.20. The summed E-state index contributed by atoms with van der Waals surface area (Å²) in [5.74, 6) is 5.64. The maximum absolute atomic E-state index is 6.21. The monoisotopic (exact) mass is 315 g/mol. The van der Waals surface area contributed by atoms with Crippen molar-refractivity contribution in [1.82, 2.24) is 10.4 Å². The highest BCUT2D eigenvalue weighted by molar-refractivity contribution is 7.11. The van der Waals surface area contributed by atoms with Gasteiger partial charge in [-0.2, -0.15) is 0 Å². The average Bonchev–Trinajstić information content (AvgIpc) is 2.67. The fraction of sp³-hybridized carbons (Fsp3) is 0.308. The molecule has 2 aromatic rings. The van der Waals surface area contributed by atoms with Gasteiger partial charge < -0.3 is 0 Å². The van der Waals surface area contributed by atoms with Gasteiger partial charge in [-0.15, -0.1) is 11.3 Å². The van der Waals surface area contributed by atoms with E-state index in [4.69, 9.17) is 29.0 Å².